The monoisotopic (exact) mass is 262 g/mol. The first-order valence-corrected chi connectivity index (χ1v) is 5.99. The fourth-order valence-corrected chi connectivity index (χ4v) is 1.65. The number of ether oxygens (including phenoxy) is 2. The summed E-state index contributed by atoms with van der Waals surface area (Å²) >= 11 is 0. The minimum Gasteiger partial charge on any atom is -0.488 e. The summed E-state index contributed by atoms with van der Waals surface area (Å²) < 4.78 is 24.6. The van der Waals surface area contributed by atoms with Crippen molar-refractivity contribution in [1.29, 1.82) is 0 Å². The van der Waals surface area contributed by atoms with Gasteiger partial charge in [0.15, 0.2) is 5.75 Å². The van der Waals surface area contributed by atoms with Crippen LogP contribution >= 0.6 is 0 Å². The molecular formula is C14H15FN2O2. The van der Waals surface area contributed by atoms with Crippen molar-refractivity contribution in [1.82, 2.24) is 4.98 Å². The lowest BCUT2D eigenvalue weighted by atomic mass is 10.2. The highest BCUT2D eigenvalue weighted by atomic mass is 19.1. The summed E-state index contributed by atoms with van der Waals surface area (Å²) in [6.45, 7) is 2.41. The third kappa shape index (κ3) is 3.00. The van der Waals surface area contributed by atoms with Crippen LogP contribution < -0.4 is 15.2 Å². The van der Waals surface area contributed by atoms with E-state index in [1.807, 2.05) is 6.92 Å². The summed E-state index contributed by atoms with van der Waals surface area (Å²) in [6, 6.07) is 8.04. The average Bonchev–Trinajstić information content (AvgIpc) is 2.41. The second-order valence-electron chi connectivity index (χ2n) is 3.76. The predicted octanol–water partition coefficient (Wildman–Crippen LogP) is 2.87. The molecule has 19 heavy (non-hydrogen) atoms. The zero-order valence-corrected chi connectivity index (χ0v) is 10.6. The Kier molecular flexibility index (Phi) is 4.30. The highest BCUT2D eigenvalue weighted by Crippen LogP contribution is 2.31. The van der Waals surface area contributed by atoms with Gasteiger partial charge in [-0.3, -0.25) is 0 Å². The number of hydrogen-bond donors (Lipinski definition) is 1. The molecule has 2 rings (SSSR count). The number of halogens is 1. The van der Waals surface area contributed by atoms with Crippen LogP contribution in [0.2, 0.25) is 0 Å². The minimum atomic E-state index is -0.395. The quantitative estimate of drug-likeness (QED) is 0.900. The molecule has 1 aromatic carbocycles. The Morgan fingerprint density at radius 3 is 2.74 bits per heavy atom. The SMILES string of the molecule is CCOc1cccnc1Oc1cccc(F)c1CN. The topological polar surface area (TPSA) is 57.4 Å². The van der Waals surface area contributed by atoms with Crippen molar-refractivity contribution in [2.45, 2.75) is 13.5 Å². The molecule has 2 aromatic rings. The standard InChI is InChI=1S/C14H15FN2O2/c1-2-18-13-7-4-8-17-14(13)19-12-6-3-5-11(15)10(12)9-16/h3-8H,2,9,16H2,1H3. The molecule has 0 radical (unpaired) electrons. The molecule has 0 atom stereocenters. The Labute approximate surface area is 111 Å². The van der Waals surface area contributed by atoms with E-state index in [2.05, 4.69) is 4.98 Å². The lowest BCUT2D eigenvalue weighted by Crippen LogP contribution is -2.04. The van der Waals surface area contributed by atoms with Crippen molar-refractivity contribution in [3.63, 3.8) is 0 Å². The van der Waals surface area contributed by atoms with Gasteiger partial charge in [0.05, 0.1) is 6.61 Å². The molecule has 0 saturated carbocycles. The molecule has 0 amide bonds. The molecule has 0 aliphatic carbocycles. The van der Waals surface area contributed by atoms with Crippen molar-refractivity contribution in [3.8, 4) is 17.4 Å². The Hall–Kier alpha value is -2.14. The molecule has 4 nitrogen and oxygen atoms in total. The fraction of sp³-hybridized carbons (Fsp3) is 0.214. The van der Waals surface area contributed by atoms with E-state index in [4.69, 9.17) is 15.2 Å². The molecule has 0 aliphatic rings. The van der Waals surface area contributed by atoms with Gasteiger partial charge in [-0.1, -0.05) is 6.07 Å². The van der Waals surface area contributed by atoms with E-state index in [-0.39, 0.29) is 6.54 Å². The number of nitrogens with zero attached hydrogens (tertiary/aromatic N) is 1. The first kappa shape index (κ1) is 13.3. The average molecular weight is 262 g/mol. The second-order valence-corrected chi connectivity index (χ2v) is 3.76. The number of hydrogen-bond acceptors (Lipinski definition) is 4. The van der Waals surface area contributed by atoms with E-state index >= 15 is 0 Å². The van der Waals surface area contributed by atoms with E-state index in [0.29, 0.717) is 29.5 Å². The molecule has 100 valence electrons. The molecule has 1 heterocycles. The number of benzene rings is 1. The predicted molar refractivity (Wildman–Crippen MR) is 69.8 cm³/mol. The molecule has 2 N–H and O–H groups in total. The first-order chi connectivity index (χ1) is 9.26. The lowest BCUT2D eigenvalue weighted by Gasteiger charge is -2.12. The maximum Gasteiger partial charge on any atom is 0.262 e. The van der Waals surface area contributed by atoms with Crippen LogP contribution in [-0.2, 0) is 6.54 Å². The van der Waals surface area contributed by atoms with Gasteiger partial charge >= 0.3 is 0 Å². The van der Waals surface area contributed by atoms with Gasteiger partial charge in [-0.2, -0.15) is 0 Å². The zero-order valence-electron chi connectivity index (χ0n) is 10.6. The molecular weight excluding hydrogens is 247 g/mol. The van der Waals surface area contributed by atoms with Crippen molar-refractivity contribution in [2.24, 2.45) is 5.73 Å². The Morgan fingerprint density at radius 2 is 2.00 bits per heavy atom. The molecule has 0 fully saturated rings. The van der Waals surface area contributed by atoms with Crippen molar-refractivity contribution in [3.05, 3.63) is 47.9 Å². The molecule has 0 bridgehead atoms. The number of nitrogens with two attached hydrogens (primary N) is 1. The normalized spacial score (nSPS) is 10.3. The molecule has 0 saturated heterocycles. The van der Waals surface area contributed by atoms with Gasteiger partial charge in [0, 0.05) is 18.3 Å². The summed E-state index contributed by atoms with van der Waals surface area (Å²) in [5.74, 6) is 0.762. The van der Waals surface area contributed by atoms with Gasteiger partial charge in [-0.05, 0) is 31.2 Å². The van der Waals surface area contributed by atoms with Gasteiger partial charge in [0.2, 0.25) is 0 Å². The van der Waals surface area contributed by atoms with Crippen LogP contribution in [0.3, 0.4) is 0 Å². The number of pyridine rings is 1. The third-order valence-corrected chi connectivity index (χ3v) is 2.52. The molecule has 0 spiro atoms. The highest BCUT2D eigenvalue weighted by molar-refractivity contribution is 5.41. The second kappa shape index (κ2) is 6.15. The lowest BCUT2D eigenvalue weighted by molar-refractivity contribution is 0.315. The van der Waals surface area contributed by atoms with Gasteiger partial charge in [0.25, 0.3) is 5.88 Å². The Balaban J connectivity index is 2.33. The summed E-state index contributed by atoms with van der Waals surface area (Å²) in [7, 11) is 0. The third-order valence-electron chi connectivity index (χ3n) is 2.52. The molecule has 0 aliphatic heterocycles. The first-order valence-electron chi connectivity index (χ1n) is 5.99. The van der Waals surface area contributed by atoms with E-state index in [0.717, 1.165) is 0 Å². The van der Waals surface area contributed by atoms with E-state index in [1.165, 1.54) is 6.07 Å². The Morgan fingerprint density at radius 1 is 1.21 bits per heavy atom. The highest BCUT2D eigenvalue weighted by Gasteiger charge is 2.12. The van der Waals surface area contributed by atoms with Gasteiger partial charge in [-0.15, -0.1) is 0 Å². The van der Waals surface area contributed by atoms with Crippen LogP contribution in [0.1, 0.15) is 12.5 Å². The smallest absolute Gasteiger partial charge is 0.262 e. The summed E-state index contributed by atoms with van der Waals surface area (Å²) in [5.41, 5.74) is 5.85. The summed E-state index contributed by atoms with van der Waals surface area (Å²) in [4.78, 5) is 4.09. The maximum atomic E-state index is 13.6. The minimum absolute atomic E-state index is 0.0544. The fourth-order valence-electron chi connectivity index (χ4n) is 1.65. The molecule has 5 heteroatoms. The molecule has 0 unspecified atom stereocenters. The summed E-state index contributed by atoms with van der Waals surface area (Å²) in [6.07, 6.45) is 1.58. The maximum absolute atomic E-state index is 13.6. The van der Waals surface area contributed by atoms with Crippen molar-refractivity contribution < 1.29 is 13.9 Å². The number of aromatic nitrogens is 1. The van der Waals surface area contributed by atoms with Crippen molar-refractivity contribution in [2.75, 3.05) is 6.61 Å². The molecule has 1 aromatic heterocycles. The van der Waals surface area contributed by atoms with Crippen LogP contribution in [-0.4, -0.2) is 11.6 Å². The van der Waals surface area contributed by atoms with Crippen LogP contribution in [0.15, 0.2) is 36.5 Å². The number of rotatable bonds is 5. The van der Waals surface area contributed by atoms with E-state index in [1.54, 1.807) is 30.5 Å². The van der Waals surface area contributed by atoms with Crippen LogP contribution in [0.25, 0.3) is 0 Å². The zero-order chi connectivity index (χ0) is 13.7. The van der Waals surface area contributed by atoms with Crippen LogP contribution in [0.5, 0.6) is 17.4 Å². The largest absolute Gasteiger partial charge is 0.488 e. The van der Waals surface area contributed by atoms with Gasteiger partial charge < -0.3 is 15.2 Å². The van der Waals surface area contributed by atoms with Crippen LogP contribution in [0, 0.1) is 5.82 Å². The van der Waals surface area contributed by atoms with Gasteiger partial charge in [0.1, 0.15) is 11.6 Å². The Bertz CT molecular complexity index is 561. The van der Waals surface area contributed by atoms with Crippen LogP contribution in [0.4, 0.5) is 4.39 Å². The van der Waals surface area contributed by atoms with Gasteiger partial charge in [-0.25, -0.2) is 9.37 Å². The van der Waals surface area contributed by atoms with E-state index < -0.39 is 5.82 Å². The van der Waals surface area contributed by atoms with Crippen molar-refractivity contribution >= 4 is 0 Å². The summed E-state index contributed by atoms with van der Waals surface area (Å²) in [5, 5.41) is 0. The van der Waals surface area contributed by atoms with E-state index in [9.17, 15) is 4.39 Å².